The number of amides is 1. The van der Waals surface area contributed by atoms with Crippen molar-refractivity contribution in [1.29, 1.82) is 0 Å². The zero-order chi connectivity index (χ0) is 24.4. The molecular formula is C22H29NO9. The fourth-order valence-corrected chi connectivity index (χ4v) is 2.81. The number of hydrogen-bond donors (Lipinski definition) is 1. The topological polar surface area (TPSA) is 134 Å². The molecule has 1 rings (SSSR count). The molecule has 0 saturated heterocycles. The standard InChI is InChI=1S/C22H29NO9/c1-12-7-8-18(9-13(12)2)22(28)23-10-19(30-15(4)25)21(32-17(6)27)20(31-16(5)26)11-29-14(3)24/h7-9,19-21H,10-11H2,1-6H3,(H,23,28)/t19-,20+,21-/m1/s1. The lowest BCUT2D eigenvalue weighted by Crippen LogP contribution is -2.51. The van der Waals surface area contributed by atoms with E-state index in [1.807, 2.05) is 13.8 Å². The second kappa shape index (κ2) is 12.4. The van der Waals surface area contributed by atoms with Crippen LogP contribution in [-0.2, 0) is 38.1 Å². The maximum atomic E-state index is 12.6. The van der Waals surface area contributed by atoms with Gasteiger partial charge in [-0.25, -0.2) is 0 Å². The predicted octanol–water partition coefficient (Wildman–Crippen LogP) is 1.39. The summed E-state index contributed by atoms with van der Waals surface area (Å²) < 4.78 is 20.6. The first-order chi connectivity index (χ1) is 14.9. The number of rotatable bonds is 10. The van der Waals surface area contributed by atoms with E-state index in [9.17, 15) is 24.0 Å². The summed E-state index contributed by atoms with van der Waals surface area (Å²) in [6, 6.07) is 5.15. The molecule has 3 atom stereocenters. The number of nitrogens with one attached hydrogen (secondary N) is 1. The van der Waals surface area contributed by atoms with E-state index in [0.29, 0.717) is 5.56 Å². The molecule has 0 fully saturated rings. The number of hydrogen-bond acceptors (Lipinski definition) is 9. The Bertz CT molecular complexity index is 865. The van der Waals surface area contributed by atoms with Crippen LogP contribution < -0.4 is 5.32 Å². The Morgan fingerprint density at radius 2 is 1.34 bits per heavy atom. The van der Waals surface area contributed by atoms with Crippen LogP contribution in [-0.4, -0.2) is 61.2 Å². The van der Waals surface area contributed by atoms with Crippen LogP contribution in [0, 0.1) is 13.8 Å². The van der Waals surface area contributed by atoms with E-state index in [2.05, 4.69) is 5.32 Å². The Morgan fingerprint density at radius 1 is 0.781 bits per heavy atom. The van der Waals surface area contributed by atoms with Crippen molar-refractivity contribution in [3.8, 4) is 0 Å². The van der Waals surface area contributed by atoms with E-state index >= 15 is 0 Å². The van der Waals surface area contributed by atoms with Crippen LogP contribution in [0.15, 0.2) is 18.2 Å². The lowest BCUT2D eigenvalue weighted by molar-refractivity contribution is -0.188. The molecule has 0 aromatic heterocycles. The molecule has 0 aliphatic carbocycles. The Morgan fingerprint density at radius 3 is 1.84 bits per heavy atom. The number of carbonyl (C=O) groups is 5. The van der Waals surface area contributed by atoms with Crippen LogP contribution >= 0.6 is 0 Å². The molecule has 0 aliphatic rings. The molecular weight excluding hydrogens is 422 g/mol. The maximum Gasteiger partial charge on any atom is 0.303 e. The van der Waals surface area contributed by atoms with Crippen LogP contribution in [0.3, 0.4) is 0 Å². The largest absolute Gasteiger partial charge is 0.462 e. The van der Waals surface area contributed by atoms with Gasteiger partial charge >= 0.3 is 23.9 Å². The molecule has 0 unspecified atom stereocenters. The van der Waals surface area contributed by atoms with Gasteiger partial charge in [0.2, 0.25) is 0 Å². The molecule has 0 aliphatic heterocycles. The number of ether oxygens (including phenoxy) is 4. The van der Waals surface area contributed by atoms with Gasteiger partial charge in [-0.05, 0) is 37.1 Å². The van der Waals surface area contributed by atoms with Gasteiger partial charge in [0.25, 0.3) is 5.91 Å². The van der Waals surface area contributed by atoms with Crippen molar-refractivity contribution in [3.63, 3.8) is 0 Å². The van der Waals surface area contributed by atoms with E-state index in [1.165, 1.54) is 0 Å². The number of benzene rings is 1. The van der Waals surface area contributed by atoms with Crippen LogP contribution in [0.1, 0.15) is 49.2 Å². The second-order valence-electron chi connectivity index (χ2n) is 7.18. The third-order valence-electron chi connectivity index (χ3n) is 4.35. The molecule has 0 spiro atoms. The Kier molecular flexibility index (Phi) is 10.3. The van der Waals surface area contributed by atoms with Gasteiger partial charge in [-0.1, -0.05) is 6.07 Å². The third kappa shape index (κ3) is 9.15. The molecule has 176 valence electrons. The predicted molar refractivity (Wildman–Crippen MR) is 112 cm³/mol. The number of carbonyl (C=O) groups excluding carboxylic acids is 5. The monoisotopic (exact) mass is 451 g/mol. The van der Waals surface area contributed by atoms with Gasteiger partial charge < -0.3 is 24.3 Å². The highest BCUT2D eigenvalue weighted by atomic mass is 16.6. The van der Waals surface area contributed by atoms with Crippen molar-refractivity contribution in [2.24, 2.45) is 0 Å². The summed E-state index contributed by atoms with van der Waals surface area (Å²) in [4.78, 5) is 58.8. The van der Waals surface area contributed by atoms with Crippen molar-refractivity contribution in [2.75, 3.05) is 13.2 Å². The van der Waals surface area contributed by atoms with Gasteiger partial charge in [0.15, 0.2) is 18.3 Å². The van der Waals surface area contributed by atoms with E-state index in [1.54, 1.807) is 18.2 Å². The molecule has 10 nitrogen and oxygen atoms in total. The fraction of sp³-hybridized carbons (Fsp3) is 0.500. The molecule has 0 saturated carbocycles. The summed E-state index contributed by atoms with van der Waals surface area (Å²) in [6.07, 6.45) is -3.85. The quantitative estimate of drug-likeness (QED) is 0.414. The third-order valence-corrected chi connectivity index (χ3v) is 4.35. The normalized spacial score (nSPS) is 13.2. The van der Waals surface area contributed by atoms with Gasteiger partial charge in [-0.3, -0.25) is 24.0 Å². The molecule has 10 heteroatoms. The van der Waals surface area contributed by atoms with Crippen molar-refractivity contribution in [2.45, 2.75) is 59.9 Å². The van der Waals surface area contributed by atoms with Crippen LogP contribution in [0.4, 0.5) is 0 Å². The van der Waals surface area contributed by atoms with E-state index in [0.717, 1.165) is 38.8 Å². The van der Waals surface area contributed by atoms with Crippen LogP contribution in [0.2, 0.25) is 0 Å². The Hall–Kier alpha value is -3.43. The minimum absolute atomic E-state index is 0.263. The molecule has 1 N–H and O–H groups in total. The molecule has 0 radical (unpaired) electrons. The summed E-state index contributed by atoms with van der Waals surface area (Å²) in [6.45, 7) is 7.58. The van der Waals surface area contributed by atoms with Crippen molar-refractivity contribution >= 4 is 29.8 Å². The maximum absolute atomic E-state index is 12.6. The summed E-state index contributed by atoms with van der Waals surface area (Å²) in [5, 5.41) is 2.62. The first-order valence-corrected chi connectivity index (χ1v) is 9.91. The van der Waals surface area contributed by atoms with E-state index < -0.39 is 54.7 Å². The highest BCUT2D eigenvalue weighted by Gasteiger charge is 2.38. The lowest BCUT2D eigenvalue weighted by Gasteiger charge is -2.31. The van der Waals surface area contributed by atoms with Crippen LogP contribution in [0.25, 0.3) is 0 Å². The summed E-state index contributed by atoms with van der Waals surface area (Å²) in [5.41, 5.74) is 2.32. The fourth-order valence-electron chi connectivity index (χ4n) is 2.81. The molecule has 1 aromatic rings. The summed E-state index contributed by atoms with van der Waals surface area (Å²) >= 11 is 0. The smallest absolute Gasteiger partial charge is 0.303 e. The first-order valence-electron chi connectivity index (χ1n) is 9.91. The van der Waals surface area contributed by atoms with Gasteiger partial charge in [0, 0.05) is 33.3 Å². The Labute approximate surface area is 186 Å². The molecule has 0 heterocycles. The van der Waals surface area contributed by atoms with Crippen molar-refractivity contribution in [3.05, 3.63) is 34.9 Å². The molecule has 1 aromatic carbocycles. The molecule has 1 amide bonds. The van der Waals surface area contributed by atoms with Crippen molar-refractivity contribution < 1.29 is 42.9 Å². The first kappa shape index (κ1) is 26.6. The highest BCUT2D eigenvalue weighted by Crippen LogP contribution is 2.16. The highest BCUT2D eigenvalue weighted by molar-refractivity contribution is 5.94. The van der Waals surface area contributed by atoms with Gasteiger partial charge in [-0.15, -0.1) is 0 Å². The molecule has 0 bridgehead atoms. The zero-order valence-electron chi connectivity index (χ0n) is 19.1. The number of esters is 4. The zero-order valence-corrected chi connectivity index (χ0v) is 19.1. The van der Waals surface area contributed by atoms with E-state index in [-0.39, 0.29) is 6.54 Å². The average Bonchev–Trinajstić information content (AvgIpc) is 2.67. The second-order valence-corrected chi connectivity index (χ2v) is 7.18. The number of aryl methyl sites for hydroxylation is 2. The SMILES string of the molecule is CC(=O)OC[C@H](OC(C)=O)[C@H](OC(C)=O)[C@@H](CNC(=O)c1ccc(C)c(C)c1)OC(C)=O. The Balaban J connectivity index is 3.14. The average molecular weight is 451 g/mol. The van der Waals surface area contributed by atoms with Gasteiger partial charge in [0.1, 0.15) is 6.61 Å². The minimum Gasteiger partial charge on any atom is -0.462 e. The summed E-state index contributed by atoms with van der Waals surface area (Å²) in [5.74, 6) is -3.32. The van der Waals surface area contributed by atoms with Crippen LogP contribution in [0.5, 0.6) is 0 Å². The lowest BCUT2D eigenvalue weighted by atomic mass is 10.1. The minimum atomic E-state index is -1.35. The molecule has 32 heavy (non-hydrogen) atoms. The summed E-state index contributed by atoms with van der Waals surface area (Å²) in [7, 11) is 0. The van der Waals surface area contributed by atoms with Gasteiger partial charge in [0.05, 0.1) is 6.54 Å². The van der Waals surface area contributed by atoms with Crippen molar-refractivity contribution in [1.82, 2.24) is 5.32 Å². The van der Waals surface area contributed by atoms with Gasteiger partial charge in [-0.2, -0.15) is 0 Å². The van der Waals surface area contributed by atoms with E-state index in [4.69, 9.17) is 18.9 Å².